The van der Waals surface area contributed by atoms with Gasteiger partial charge in [0.2, 0.25) is 0 Å². The number of alkyl halides is 1. The lowest BCUT2D eigenvalue weighted by atomic mass is 10.1. The van der Waals surface area contributed by atoms with Crippen LogP contribution in [0, 0.1) is 11.3 Å². The van der Waals surface area contributed by atoms with E-state index in [1.165, 1.54) is 32.7 Å². The van der Waals surface area contributed by atoms with Crippen molar-refractivity contribution in [3.8, 4) is 6.07 Å². The van der Waals surface area contributed by atoms with Gasteiger partial charge < -0.3 is 37.1 Å². The number of nitriles is 1. The van der Waals surface area contributed by atoms with Gasteiger partial charge in [-0.1, -0.05) is 57.2 Å². The lowest BCUT2D eigenvalue weighted by molar-refractivity contribution is -0.0646. The second kappa shape index (κ2) is 22.0. The van der Waals surface area contributed by atoms with E-state index in [0.29, 0.717) is 47.3 Å². The highest BCUT2D eigenvalue weighted by molar-refractivity contribution is 8.07. The van der Waals surface area contributed by atoms with Crippen LogP contribution in [0.5, 0.6) is 0 Å². The summed E-state index contributed by atoms with van der Waals surface area (Å²) in [6, 6.07) is 19.2. The predicted octanol–water partition coefficient (Wildman–Crippen LogP) is 7.08. The van der Waals surface area contributed by atoms with E-state index in [9.17, 15) is 29.1 Å². The second-order valence-electron chi connectivity index (χ2n) is 20.3. The van der Waals surface area contributed by atoms with Crippen molar-refractivity contribution in [3.63, 3.8) is 0 Å². The maximum atomic E-state index is 17.4. The summed E-state index contributed by atoms with van der Waals surface area (Å²) in [5.41, 5.74) is 1.13. The number of carbonyl (C=O) groups excluding carboxylic acids is 2. The number of esters is 1. The molecule has 8 heterocycles. The Morgan fingerprint density at radius 3 is 2.35 bits per heavy atom. The van der Waals surface area contributed by atoms with Gasteiger partial charge in [0.15, 0.2) is 38.1 Å². The molecular formula is C49H56FN9O14P2SSi. The average Bonchev–Trinajstić information content (AvgIpc) is 4.15. The molecule has 408 valence electrons. The van der Waals surface area contributed by atoms with E-state index in [1.807, 2.05) is 46.0 Å². The summed E-state index contributed by atoms with van der Waals surface area (Å²) in [6.45, 7) is 4.38. The summed E-state index contributed by atoms with van der Waals surface area (Å²) in [5, 5.41) is 9.68. The monoisotopic (exact) mass is 1140 g/mol. The first-order valence-electron chi connectivity index (χ1n) is 24.8. The Bertz CT molecular complexity index is 3380. The fourth-order valence-corrected chi connectivity index (χ4v) is 13.7. The molecule has 4 aromatic heterocycles. The number of carbonyl (C=O) groups is 2. The van der Waals surface area contributed by atoms with E-state index in [1.54, 1.807) is 65.7 Å². The highest BCUT2D eigenvalue weighted by Crippen LogP contribution is 2.58. The summed E-state index contributed by atoms with van der Waals surface area (Å²) in [6.07, 6.45) is -5.70. The lowest BCUT2D eigenvalue weighted by Crippen LogP contribution is -2.50. The van der Waals surface area contributed by atoms with Gasteiger partial charge >= 0.3 is 20.5 Å². The Balaban J connectivity index is 0.981. The van der Waals surface area contributed by atoms with Gasteiger partial charge in [-0.3, -0.25) is 37.2 Å². The Kier molecular flexibility index (Phi) is 15.7. The van der Waals surface area contributed by atoms with Gasteiger partial charge in [0.05, 0.1) is 56.1 Å². The first-order valence-corrected chi connectivity index (χ1v) is 31.8. The first kappa shape index (κ1) is 54.8. The van der Waals surface area contributed by atoms with Gasteiger partial charge in [-0.2, -0.15) is 5.26 Å². The third-order valence-electron chi connectivity index (χ3n) is 14.2. The van der Waals surface area contributed by atoms with Gasteiger partial charge in [-0.05, 0) is 72.6 Å². The number of fused-ring (bicyclic) bond motifs is 4. The number of imidazole rings is 1. The molecule has 10 rings (SSSR count). The Morgan fingerprint density at radius 1 is 0.909 bits per heavy atom. The lowest BCUT2D eigenvalue weighted by Gasteiger charge is -2.41. The number of amides is 1. The number of rotatable bonds is 12. The molecule has 1 amide bonds. The highest BCUT2D eigenvalue weighted by Gasteiger charge is 2.57. The van der Waals surface area contributed by atoms with Crippen molar-refractivity contribution in [3.05, 3.63) is 113 Å². The van der Waals surface area contributed by atoms with Crippen LogP contribution >= 0.6 is 14.5 Å². The molecule has 3 saturated heterocycles. The molecule has 0 saturated carbocycles. The van der Waals surface area contributed by atoms with Crippen LogP contribution in [0.2, 0.25) is 18.1 Å². The summed E-state index contributed by atoms with van der Waals surface area (Å²) >= 11 is 6.13. The molecule has 77 heavy (non-hydrogen) atoms. The van der Waals surface area contributed by atoms with Crippen LogP contribution in [0.3, 0.4) is 0 Å². The van der Waals surface area contributed by atoms with E-state index in [4.69, 9.17) is 53.1 Å². The maximum Gasteiger partial charge on any atom is 0.472 e. The molecule has 6 aromatic rings. The van der Waals surface area contributed by atoms with Crippen molar-refractivity contribution in [1.82, 2.24) is 33.6 Å². The smallest absolute Gasteiger partial charge is 0.460 e. The van der Waals surface area contributed by atoms with Gasteiger partial charge in [0.25, 0.3) is 11.5 Å². The average molecular weight is 1140 g/mol. The molecule has 4 aliphatic heterocycles. The zero-order valence-electron chi connectivity index (χ0n) is 42.5. The molecule has 3 fully saturated rings. The minimum Gasteiger partial charge on any atom is -0.460 e. The number of benzene rings is 2. The molecule has 28 heteroatoms. The van der Waals surface area contributed by atoms with Crippen molar-refractivity contribution in [2.24, 2.45) is 0 Å². The van der Waals surface area contributed by atoms with Gasteiger partial charge in [-0.25, -0.2) is 33.7 Å². The molecule has 23 nitrogen and oxygen atoms in total. The molecule has 0 aliphatic carbocycles. The van der Waals surface area contributed by atoms with Crippen molar-refractivity contribution >= 4 is 74.6 Å². The fraction of sp³-hybridized carbons (Fsp3) is 0.469. The topological polar surface area (TPSA) is 265 Å². The van der Waals surface area contributed by atoms with Crippen LogP contribution in [0.25, 0.3) is 22.2 Å². The minimum absolute atomic E-state index is 0.0393. The van der Waals surface area contributed by atoms with Crippen LogP contribution < -0.4 is 10.5 Å². The van der Waals surface area contributed by atoms with E-state index < -0.39 is 102 Å². The number of phosphoric ester groups is 1. The third kappa shape index (κ3) is 11.1. The summed E-state index contributed by atoms with van der Waals surface area (Å²) in [4.78, 5) is 71.5. The van der Waals surface area contributed by atoms with E-state index in [2.05, 4.69) is 19.9 Å². The molecule has 10 atom stereocenters. The third-order valence-corrected chi connectivity index (χ3v) is 22.1. The van der Waals surface area contributed by atoms with Gasteiger partial charge in [0, 0.05) is 18.3 Å². The number of hydrogen-bond acceptors (Lipinski definition) is 19. The van der Waals surface area contributed by atoms with E-state index in [0.717, 1.165) is 0 Å². The Morgan fingerprint density at radius 2 is 1.62 bits per heavy atom. The van der Waals surface area contributed by atoms with Crippen LogP contribution in [0.15, 0.2) is 90.6 Å². The largest absolute Gasteiger partial charge is 0.472 e. The first-order chi connectivity index (χ1) is 36.8. The molecule has 2 aromatic carbocycles. The van der Waals surface area contributed by atoms with Crippen LogP contribution in [-0.2, 0) is 70.6 Å². The van der Waals surface area contributed by atoms with Crippen LogP contribution in [0.4, 0.5) is 10.2 Å². The van der Waals surface area contributed by atoms with Crippen LogP contribution in [-0.4, -0.2) is 128 Å². The number of aromatic nitrogens is 7. The standard InChI is InChI=1S/C49H56FN9O14P2SSi/c1-49(2,3)77(4,5)73-39-34-25-67-74(63,64)71-38-33(69-46(36(38)50)58-24-32-18-12-20-57(41-35(32)42(58)53-27-52-41)44(60)30-14-8-6-9-15-30)26-68-75(76,66-22-13-19-51)72-40(39)47(70-34)59-29-54-37-43(59)55-28-56(45(37)61)21-23-65-48(62)31-16-10-7-11-17-31/h6-11,14-17,24,27-29,33-34,36,38-40,46-47H,12-13,18,20-23,25-26H2,1-5H3,(H,63,64)/t33-,34-,36-,38-,39-,40-,46-,47-,75?/m1/s1. The number of anilines is 1. The van der Waals surface area contributed by atoms with Gasteiger partial charge in [0.1, 0.15) is 61.2 Å². The molecule has 2 unspecified atom stereocenters. The predicted molar refractivity (Wildman–Crippen MR) is 279 cm³/mol. The molecular weight excluding hydrogens is 1080 g/mol. The summed E-state index contributed by atoms with van der Waals surface area (Å²) in [7, 11) is -8.10. The molecule has 1 N–H and O–H groups in total. The quantitative estimate of drug-likeness (QED) is 0.0555. The van der Waals surface area contributed by atoms with E-state index in [-0.39, 0.29) is 48.9 Å². The number of nitrogens with zero attached hydrogens (tertiary/aromatic N) is 9. The highest BCUT2D eigenvalue weighted by atomic mass is 32.5. The number of hydrogen-bond donors (Lipinski definition) is 1. The maximum absolute atomic E-state index is 17.4. The summed E-state index contributed by atoms with van der Waals surface area (Å²) < 4.78 is 92.0. The number of phosphoric acid groups is 1. The second-order valence-corrected chi connectivity index (χ2v) is 29.4. The van der Waals surface area contributed by atoms with Gasteiger partial charge in [-0.15, -0.1) is 0 Å². The number of ether oxygens (including phenoxy) is 3. The minimum atomic E-state index is -5.25. The Labute approximate surface area is 447 Å². The number of aryl methyl sites for hydroxylation is 1. The Hall–Kier alpha value is -5.49. The molecule has 0 radical (unpaired) electrons. The summed E-state index contributed by atoms with van der Waals surface area (Å²) in [5.74, 6) is -0.518. The molecule has 4 aliphatic rings. The normalized spacial score (nSPS) is 28.0. The van der Waals surface area contributed by atoms with Crippen molar-refractivity contribution in [1.29, 1.82) is 5.26 Å². The van der Waals surface area contributed by atoms with E-state index >= 15 is 4.39 Å². The zero-order chi connectivity index (χ0) is 54.4. The van der Waals surface area contributed by atoms with Crippen molar-refractivity contribution in [2.45, 2.75) is 114 Å². The molecule has 2 bridgehead atoms. The SMILES string of the molecule is CC(C)(C)[Si](C)(C)O[C@H]1[C@H]2OP(=S)(OCCC#N)OC[C@H]3O[C@@H](n4cc5c6c(ncnc64)N(C(=O)c4ccccc4)CCC5)[C@H](F)[C@@H]3OP(=O)(O)OC[C@H]1O[C@H]2n1cnc2c(=O)n(CCOC(=O)c3ccccc3)cnc21. The van der Waals surface area contributed by atoms with Crippen molar-refractivity contribution in [2.75, 3.05) is 37.9 Å². The van der Waals surface area contributed by atoms with Crippen molar-refractivity contribution < 1.29 is 64.7 Å². The fourth-order valence-electron chi connectivity index (χ4n) is 9.37. The molecule has 0 spiro atoms. The number of halogens is 1. The zero-order valence-corrected chi connectivity index (χ0v) is 46.1. The van der Waals surface area contributed by atoms with Crippen LogP contribution in [0.1, 0.15) is 72.3 Å².